The zero-order chi connectivity index (χ0) is 19.1. The summed E-state index contributed by atoms with van der Waals surface area (Å²) in [4.78, 5) is 16.2. The Balaban J connectivity index is 1.85. The second kappa shape index (κ2) is 6.29. The van der Waals surface area contributed by atoms with E-state index in [0.717, 1.165) is 16.4 Å². The molecule has 3 rings (SSSR count). The molecule has 0 saturated carbocycles. The number of aromatic amines is 2. The maximum Gasteiger partial charge on any atom is 0.416 e. The molecular formula is C16H14F3N3O3S. The predicted octanol–water partition coefficient (Wildman–Crippen LogP) is 2.70. The lowest BCUT2D eigenvalue weighted by Crippen LogP contribution is -2.26. The molecule has 1 aromatic heterocycles. The highest BCUT2D eigenvalue weighted by molar-refractivity contribution is 7.89. The summed E-state index contributed by atoms with van der Waals surface area (Å²) in [6.07, 6.45) is -4.45. The van der Waals surface area contributed by atoms with Gasteiger partial charge in [0.1, 0.15) is 0 Å². The lowest BCUT2D eigenvalue weighted by Gasteiger charge is -2.18. The van der Waals surface area contributed by atoms with Crippen LogP contribution in [0.25, 0.3) is 11.0 Å². The van der Waals surface area contributed by atoms with E-state index in [-0.39, 0.29) is 11.4 Å². The molecule has 0 amide bonds. The molecule has 0 aliphatic heterocycles. The summed E-state index contributed by atoms with van der Waals surface area (Å²) in [6, 6.07) is 8.44. The van der Waals surface area contributed by atoms with E-state index in [9.17, 15) is 26.4 Å². The molecular weight excluding hydrogens is 371 g/mol. The summed E-state index contributed by atoms with van der Waals surface area (Å²) < 4.78 is 64.1. The molecule has 0 unspecified atom stereocenters. The molecule has 0 bridgehead atoms. The van der Waals surface area contributed by atoms with Crippen LogP contribution in [0.1, 0.15) is 11.1 Å². The predicted molar refractivity (Wildman–Crippen MR) is 89.0 cm³/mol. The van der Waals surface area contributed by atoms with Crippen molar-refractivity contribution in [1.29, 1.82) is 0 Å². The minimum Gasteiger partial charge on any atom is -0.306 e. The molecule has 0 aliphatic carbocycles. The Hall–Kier alpha value is -2.59. The van der Waals surface area contributed by atoms with Crippen LogP contribution in [0.2, 0.25) is 0 Å². The number of benzene rings is 2. The van der Waals surface area contributed by atoms with Gasteiger partial charge in [-0.3, -0.25) is 0 Å². The molecule has 6 nitrogen and oxygen atoms in total. The van der Waals surface area contributed by atoms with Crippen LogP contribution < -0.4 is 5.69 Å². The number of H-pyrrole nitrogens is 2. The monoisotopic (exact) mass is 385 g/mol. The van der Waals surface area contributed by atoms with Gasteiger partial charge in [-0.1, -0.05) is 12.1 Å². The number of hydrogen-bond donors (Lipinski definition) is 2. The molecule has 26 heavy (non-hydrogen) atoms. The molecule has 0 spiro atoms. The lowest BCUT2D eigenvalue weighted by atomic mass is 10.1. The van der Waals surface area contributed by atoms with Crippen LogP contribution in [-0.4, -0.2) is 29.7 Å². The Kier molecular flexibility index (Phi) is 4.41. The van der Waals surface area contributed by atoms with Gasteiger partial charge in [-0.15, -0.1) is 0 Å². The van der Waals surface area contributed by atoms with Crippen LogP contribution in [0.15, 0.2) is 52.2 Å². The number of halogens is 3. The first-order valence-electron chi connectivity index (χ1n) is 7.42. The quantitative estimate of drug-likeness (QED) is 0.724. The van der Waals surface area contributed by atoms with Gasteiger partial charge in [0.2, 0.25) is 10.0 Å². The Morgan fingerprint density at radius 1 is 1.00 bits per heavy atom. The first-order chi connectivity index (χ1) is 12.1. The van der Waals surface area contributed by atoms with Gasteiger partial charge in [0.05, 0.1) is 21.5 Å². The van der Waals surface area contributed by atoms with E-state index in [1.807, 2.05) is 0 Å². The zero-order valence-corrected chi connectivity index (χ0v) is 14.3. The Labute approximate surface area is 146 Å². The molecule has 0 radical (unpaired) electrons. The second-order valence-electron chi connectivity index (χ2n) is 5.74. The number of aromatic nitrogens is 2. The fraction of sp³-hybridized carbons (Fsp3) is 0.188. The average molecular weight is 385 g/mol. The third kappa shape index (κ3) is 3.51. The Morgan fingerprint density at radius 2 is 1.62 bits per heavy atom. The van der Waals surface area contributed by atoms with Gasteiger partial charge in [0, 0.05) is 13.6 Å². The summed E-state index contributed by atoms with van der Waals surface area (Å²) in [7, 11) is -2.55. The van der Waals surface area contributed by atoms with E-state index >= 15 is 0 Å². The summed E-state index contributed by atoms with van der Waals surface area (Å²) in [5.41, 5.74) is -0.0140. The summed E-state index contributed by atoms with van der Waals surface area (Å²) >= 11 is 0. The van der Waals surface area contributed by atoms with Crippen molar-refractivity contribution in [2.75, 3.05) is 7.05 Å². The summed E-state index contributed by atoms with van der Waals surface area (Å²) in [6.45, 7) is -0.0951. The van der Waals surface area contributed by atoms with E-state index in [1.54, 1.807) is 0 Å². The SMILES string of the molecule is CN(Cc1ccc(C(F)(F)F)cc1)S(=O)(=O)c1ccc2[nH]c(=O)[nH]c2c1. The molecule has 10 heteroatoms. The first-order valence-corrected chi connectivity index (χ1v) is 8.86. The average Bonchev–Trinajstić information content (AvgIpc) is 2.93. The van der Waals surface area contributed by atoms with Crippen molar-refractivity contribution >= 4 is 21.1 Å². The third-order valence-electron chi connectivity index (χ3n) is 3.88. The molecule has 138 valence electrons. The number of alkyl halides is 3. The minimum absolute atomic E-state index is 0.0327. The van der Waals surface area contributed by atoms with Crippen molar-refractivity contribution in [2.45, 2.75) is 17.6 Å². The molecule has 1 heterocycles. The van der Waals surface area contributed by atoms with Crippen LogP contribution in [0.5, 0.6) is 0 Å². The van der Waals surface area contributed by atoms with Gasteiger partial charge in [-0.25, -0.2) is 13.2 Å². The topological polar surface area (TPSA) is 86.0 Å². The molecule has 2 N–H and O–H groups in total. The number of sulfonamides is 1. The highest BCUT2D eigenvalue weighted by atomic mass is 32.2. The number of hydrogen-bond acceptors (Lipinski definition) is 3. The number of nitrogens with zero attached hydrogens (tertiary/aromatic N) is 1. The molecule has 3 aromatic rings. The van der Waals surface area contributed by atoms with E-state index in [0.29, 0.717) is 16.6 Å². The lowest BCUT2D eigenvalue weighted by molar-refractivity contribution is -0.137. The van der Waals surface area contributed by atoms with Crippen molar-refractivity contribution in [2.24, 2.45) is 0 Å². The van der Waals surface area contributed by atoms with Gasteiger partial charge < -0.3 is 9.97 Å². The highest BCUT2D eigenvalue weighted by Crippen LogP contribution is 2.29. The number of rotatable bonds is 4. The third-order valence-corrected chi connectivity index (χ3v) is 5.68. The van der Waals surface area contributed by atoms with Crippen LogP contribution in [0.3, 0.4) is 0 Å². The highest BCUT2D eigenvalue weighted by Gasteiger charge is 2.30. The van der Waals surface area contributed by atoms with Gasteiger partial charge in [-0.2, -0.15) is 17.5 Å². The molecule has 0 atom stereocenters. The summed E-state index contributed by atoms with van der Waals surface area (Å²) in [5, 5.41) is 0. The van der Waals surface area contributed by atoms with Gasteiger partial charge >= 0.3 is 11.9 Å². The van der Waals surface area contributed by atoms with Crippen molar-refractivity contribution < 1.29 is 21.6 Å². The van der Waals surface area contributed by atoms with Gasteiger partial charge in [0.15, 0.2) is 0 Å². The minimum atomic E-state index is -4.45. The number of imidazole rings is 1. The van der Waals surface area contributed by atoms with Crippen LogP contribution in [-0.2, 0) is 22.7 Å². The van der Waals surface area contributed by atoms with E-state index in [2.05, 4.69) is 9.97 Å². The largest absolute Gasteiger partial charge is 0.416 e. The van der Waals surface area contributed by atoms with Crippen molar-refractivity contribution in [3.8, 4) is 0 Å². The van der Waals surface area contributed by atoms with Gasteiger partial charge in [-0.05, 0) is 35.9 Å². The smallest absolute Gasteiger partial charge is 0.306 e. The molecule has 0 saturated heterocycles. The van der Waals surface area contributed by atoms with Crippen LogP contribution in [0, 0.1) is 0 Å². The fourth-order valence-electron chi connectivity index (χ4n) is 2.49. The molecule has 0 fully saturated rings. The maximum atomic E-state index is 12.7. The van der Waals surface area contributed by atoms with Crippen LogP contribution in [0.4, 0.5) is 13.2 Å². The normalized spacial score (nSPS) is 12.8. The zero-order valence-electron chi connectivity index (χ0n) is 13.5. The fourth-order valence-corrected chi connectivity index (χ4v) is 3.68. The van der Waals surface area contributed by atoms with Crippen LogP contribution >= 0.6 is 0 Å². The maximum absolute atomic E-state index is 12.7. The second-order valence-corrected chi connectivity index (χ2v) is 7.79. The standard InChI is InChI=1S/C16H14F3N3O3S/c1-22(9-10-2-4-11(5-3-10)16(17,18)19)26(24,25)12-6-7-13-14(8-12)21-15(23)20-13/h2-8H,9H2,1H3,(H2,20,21,23). The van der Waals surface area contributed by atoms with E-state index in [1.165, 1.54) is 37.4 Å². The Bertz CT molecular complexity index is 1100. The van der Waals surface area contributed by atoms with Crippen molar-refractivity contribution in [3.05, 3.63) is 64.1 Å². The molecule has 0 aliphatic rings. The van der Waals surface area contributed by atoms with Crippen molar-refractivity contribution in [1.82, 2.24) is 14.3 Å². The Morgan fingerprint density at radius 3 is 2.23 bits per heavy atom. The molecule has 2 aromatic carbocycles. The van der Waals surface area contributed by atoms with Crippen molar-refractivity contribution in [3.63, 3.8) is 0 Å². The summed E-state index contributed by atoms with van der Waals surface area (Å²) in [5.74, 6) is 0. The van der Waals surface area contributed by atoms with E-state index in [4.69, 9.17) is 0 Å². The number of fused-ring (bicyclic) bond motifs is 1. The van der Waals surface area contributed by atoms with Gasteiger partial charge in [0.25, 0.3) is 0 Å². The number of nitrogens with one attached hydrogen (secondary N) is 2. The van der Waals surface area contributed by atoms with E-state index < -0.39 is 27.5 Å². The first kappa shape index (κ1) is 18.2.